The minimum absolute atomic E-state index is 0.935. The minimum atomic E-state index is 0.935. The van der Waals surface area contributed by atoms with Gasteiger partial charge in [0.25, 0.3) is 0 Å². The van der Waals surface area contributed by atoms with E-state index in [0.717, 1.165) is 36.3 Å². The lowest BCUT2D eigenvalue weighted by molar-refractivity contribution is -0.927. The lowest BCUT2D eigenvalue weighted by Crippen LogP contribution is -3.09. The molecule has 0 bridgehead atoms. The summed E-state index contributed by atoms with van der Waals surface area (Å²) >= 11 is 3.59. The van der Waals surface area contributed by atoms with E-state index in [-0.39, 0.29) is 0 Å². The number of methoxy groups -OCH3 is 1. The van der Waals surface area contributed by atoms with Crippen LogP contribution in [0.2, 0.25) is 0 Å². The second-order valence-electron chi connectivity index (χ2n) is 6.53. The van der Waals surface area contributed by atoms with Crippen LogP contribution in [0.4, 0.5) is 0 Å². The van der Waals surface area contributed by atoms with Crippen molar-refractivity contribution in [2.45, 2.75) is 19.5 Å². The minimum Gasteiger partial charge on any atom is -0.496 e. The van der Waals surface area contributed by atoms with Gasteiger partial charge in [0.15, 0.2) is 0 Å². The van der Waals surface area contributed by atoms with Crippen molar-refractivity contribution in [2.75, 3.05) is 13.7 Å². The molecule has 3 aromatic rings. The lowest BCUT2D eigenvalue weighted by atomic mass is 10.1. The van der Waals surface area contributed by atoms with Crippen molar-refractivity contribution in [1.29, 1.82) is 0 Å². The van der Waals surface area contributed by atoms with E-state index in [4.69, 9.17) is 4.74 Å². The molecule has 0 fully saturated rings. The molecule has 0 aliphatic carbocycles. The molecule has 0 saturated heterocycles. The molecule has 0 aromatic heterocycles. The first-order valence-electron chi connectivity index (χ1n) is 8.98. The summed E-state index contributed by atoms with van der Waals surface area (Å²) in [6.07, 6.45) is 1.07. The third kappa shape index (κ3) is 5.45. The normalized spacial score (nSPS) is 11.9. The molecular formula is C23H25BrNO+. The topological polar surface area (TPSA) is 13.7 Å². The number of halogens is 1. The molecule has 1 N–H and O–H groups in total. The second kappa shape index (κ2) is 9.56. The van der Waals surface area contributed by atoms with Crippen molar-refractivity contribution < 1.29 is 9.64 Å². The van der Waals surface area contributed by atoms with Crippen molar-refractivity contribution in [3.8, 4) is 5.75 Å². The molecule has 3 heteroatoms. The maximum absolute atomic E-state index is 5.58. The number of benzene rings is 3. The van der Waals surface area contributed by atoms with Crippen LogP contribution in [0.3, 0.4) is 0 Å². The average molecular weight is 411 g/mol. The molecule has 0 radical (unpaired) electrons. The molecule has 0 spiro atoms. The summed E-state index contributed by atoms with van der Waals surface area (Å²) in [5.74, 6) is 0.957. The highest BCUT2D eigenvalue weighted by Crippen LogP contribution is 2.22. The third-order valence-corrected chi connectivity index (χ3v) is 5.08. The van der Waals surface area contributed by atoms with Gasteiger partial charge in [-0.25, -0.2) is 0 Å². The Morgan fingerprint density at radius 2 is 1.46 bits per heavy atom. The first-order valence-corrected chi connectivity index (χ1v) is 9.78. The Labute approximate surface area is 164 Å². The summed E-state index contributed by atoms with van der Waals surface area (Å²) < 4.78 is 6.67. The lowest BCUT2D eigenvalue weighted by Gasteiger charge is -2.21. The van der Waals surface area contributed by atoms with Gasteiger partial charge in [-0.2, -0.15) is 0 Å². The van der Waals surface area contributed by atoms with Gasteiger partial charge in [0.1, 0.15) is 18.8 Å². The maximum atomic E-state index is 5.58. The first-order chi connectivity index (χ1) is 12.7. The highest BCUT2D eigenvalue weighted by molar-refractivity contribution is 9.10. The third-order valence-electron chi connectivity index (χ3n) is 4.59. The zero-order valence-corrected chi connectivity index (χ0v) is 16.7. The number of ether oxygens (including phenoxy) is 1. The van der Waals surface area contributed by atoms with Crippen LogP contribution in [0.25, 0.3) is 0 Å². The van der Waals surface area contributed by atoms with E-state index in [9.17, 15) is 0 Å². The summed E-state index contributed by atoms with van der Waals surface area (Å²) in [7, 11) is 1.74. The van der Waals surface area contributed by atoms with E-state index in [2.05, 4.69) is 82.7 Å². The first kappa shape index (κ1) is 18.7. The molecule has 1 unspecified atom stereocenters. The quantitative estimate of drug-likeness (QED) is 0.584. The van der Waals surface area contributed by atoms with Gasteiger partial charge in [-0.15, -0.1) is 0 Å². The monoisotopic (exact) mass is 410 g/mol. The summed E-state index contributed by atoms with van der Waals surface area (Å²) in [6.45, 7) is 3.02. The zero-order valence-electron chi connectivity index (χ0n) is 15.1. The Bertz CT molecular complexity index is 805. The van der Waals surface area contributed by atoms with Gasteiger partial charge < -0.3 is 9.64 Å². The Hall–Kier alpha value is -2.10. The molecule has 0 aliphatic heterocycles. The van der Waals surface area contributed by atoms with E-state index in [1.807, 2.05) is 12.1 Å². The van der Waals surface area contributed by atoms with E-state index >= 15 is 0 Å². The van der Waals surface area contributed by atoms with Crippen molar-refractivity contribution in [3.05, 3.63) is 100 Å². The number of nitrogens with one attached hydrogen (secondary N) is 1. The Morgan fingerprint density at radius 1 is 0.808 bits per heavy atom. The van der Waals surface area contributed by atoms with Gasteiger partial charge in [0.05, 0.1) is 13.7 Å². The van der Waals surface area contributed by atoms with E-state index in [1.54, 1.807) is 7.11 Å². The highest BCUT2D eigenvalue weighted by Gasteiger charge is 2.15. The standard InChI is InChI=1S/C23H24BrNO/c1-26-23-13-12-22(24)16-21(23)18-25(17-20-10-6-3-7-11-20)15-14-19-8-4-2-5-9-19/h2-13,16H,14-15,17-18H2,1H3/p+1. The van der Waals surface area contributed by atoms with Crippen LogP contribution in [0.15, 0.2) is 83.3 Å². The summed E-state index contributed by atoms with van der Waals surface area (Å²) in [5, 5.41) is 0. The Morgan fingerprint density at radius 3 is 2.12 bits per heavy atom. The zero-order chi connectivity index (χ0) is 18.2. The molecule has 134 valence electrons. The molecule has 0 aliphatic rings. The summed E-state index contributed by atoms with van der Waals surface area (Å²) in [4.78, 5) is 1.52. The van der Waals surface area contributed by atoms with Crippen LogP contribution < -0.4 is 9.64 Å². The van der Waals surface area contributed by atoms with E-state index < -0.39 is 0 Å². The van der Waals surface area contributed by atoms with Crippen LogP contribution in [0.1, 0.15) is 16.7 Å². The fourth-order valence-corrected chi connectivity index (χ4v) is 3.65. The van der Waals surface area contributed by atoms with Crippen molar-refractivity contribution in [3.63, 3.8) is 0 Å². The number of rotatable bonds is 8. The number of quaternary nitrogens is 1. The molecular weight excluding hydrogens is 386 g/mol. The van der Waals surface area contributed by atoms with Gasteiger partial charge in [-0.3, -0.25) is 0 Å². The second-order valence-corrected chi connectivity index (χ2v) is 7.45. The van der Waals surface area contributed by atoms with Crippen molar-refractivity contribution >= 4 is 15.9 Å². The van der Waals surface area contributed by atoms with Crippen molar-refractivity contribution in [1.82, 2.24) is 0 Å². The predicted octanol–water partition coefficient (Wildman–Crippen LogP) is 4.29. The molecule has 1 atom stereocenters. The number of hydrogen-bond acceptors (Lipinski definition) is 1. The molecule has 0 heterocycles. The molecule has 3 aromatic carbocycles. The van der Waals surface area contributed by atoms with E-state index in [1.165, 1.54) is 21.6 Å². The molecule has 2 nitrogen and oxygen atoms in total. The van der Waals surface area contributed by atoms with Crippen LogP contribution in [0, 0.1) is 0 Å². The fourth-order valence-electron chi connectivity index (χ4n) is 3.24. The Balaban J connectivity index is 1.77. The summed E-state index contributed by atoms with van der Waals surface area (Å²) in [6, 6.07) is 27.7. The van der Waals surface area contributed by atoms with Gasteiger partial charge >= 0.3 is 0 Å². The van der Waals surface area contributed by atoms with Gasteiger partial charge in [0, 0.05) is 22.0 Å². The van der Waals surface area contributed by atoms with Crippen LogP contribution in [0.5, 0.6) is 5.75 Å². The summed E-state index contributed by atoms with van der Waals surface area (Å²) in [5.41, 5.74) is 3.99. The van der Waals surface area contributed by atoms with Crippen LogP contribution in [-0.4, -0.2) is 13.7 Å². The van der Waals surface area contributed by atoms with Gasteiger partial charge in [0.2, 0.25) is 0 Å². The van der Waals surface area contributed by atoms with E-state index in [0.29, 0.717) is 0 Å². The predicted molar refractivity (Wildman–Crippen MR) is 111 cm³/mol. The Kier molecular flexibility index (Phi) is 6.87. The highest BCUT2D eigenvalue weighted by atomic mass is 79.9. The average Bonchev–Trinajstić information content (AvgIpc) is 2.68. The SMILES string of the molecule is COc1ccc(Br)cc1C[NH+](CCc1ccccc1)Cc1ccccc1. The molecule has 0 saturated carbocycles. The van der Waals surface area contributed by atoms with Crippen LogP contribution >= 0.6 is 15.9 Å². The fraction of sp³-hybridized carbons (Fsp3) is 0.217. The smallest absolute Gasteiger partial charge is 0.127 e. The molecule has 0 amide bonds. The van der Waals surface area contributed by atoms with Crippen molar-refractivity contribution in [2.24, 2.45) is 0 Å². The maximum Gasteiger partial charge on any atom is 0.127 e. The largest absolute Gasteiger partial charge is 0.496 e. The van der Waals surface area contributed by atoms with Gasteiger partial charge in [-0.1, -0.05) is 76.6 Å². The number of hydrogen-bond donors (Lipinski definition) is 1. The van der Waals surface area contributed by atoms with Crippen LogP contribution in [-0.2, 0) is 19.5 Å². The molecule has 3 rings (SSSR count). The van der Waals surface area contributed by atoms with Gasteiger partial charge in [-0.05, 0) is 23.8 Å². The molecule has 26 heavy (non-hydrogen) atoms.